The number of amides is 3. The third-order valence-corrected chi connectivity index (χ3v) is 8.60. The summed E-state index contributed by atoms with van der Waals surface area (Å²) in [4.78, 5) is 56.4. The van der Waals surface area contributed by atoms with E-state index in [0.717, 1.165) is 31.2 Å². The maximum Gasteiger partial charge on any atom is 0.254 e. The minimum absolute atomic E-state index is 0.0143. The van der Waals surface area contributed by atoms with Gasteiger partial charge in [0.25, 0.3) is 11.8 Å². The first-order valence-electron chi connectivity index (χ1n) is 13.0. The quantitative estimate of drug-likeness (QED) is 0.644. The highest BCUT2D eigenvalue weighted by atomic mass is 32.1. The number of carbonyl (C=O) groups excluding carboxylic acids is 4. The number of hydrogen-bond donors (Lipinski definition) is 1. The molecule has 1 aromatic heterocycles. The molecular weight excluding hydrogens is 474 g/mol. The summed E-state index contributed by atoms with van der Waals surface area (Å²) >= 11 is 1.44. The highest BCUT2D eigenvalue weighted by Crippen LogP contribution is 2.33. The fourth-order valence-corrected chi connectivity index (χ4v) is 6.73. The Bertz CT molecular complexity index is 1140. The standard InChI is InChI=1S/C28H33N3O4S/c1-18-6-5-9-20(14-18)27(34)31-16-24(32)25-23(31)10-12-30(25)28(35)22(15-19-7-3-2-4-8-19)29-26(33)21-11-13-36-17-21/h5-6,9,11,13-14,17,19,22-23,25H,2-4,7-8,10,12,15-16H2,1H3,(H,29,33)/t22-,23+,25-/m0/s1. The third kappa shape index (κ3) is 4.96. The van der Waals surface area contributed by atoms with Gasteiger partial charge in [-0.1, -0.05) is 49.8 Å². The lowest BCUT2D eigenvalue weighted by molar-refractivity contribution is -0.138. The number of aryl methyl sites for hydroxylation is 1. The predicted molar refractivity (Wildman–Crippen MR) is 138 cm³/mol. The summed E-state index contributed by atoms with van der Waals surface area (Å²) in [5.41, 5.74) is 2.09. The Balaban J connectivity index is 1.34. The largest absolute Gasteiger partial charge is 0.340 e. The number of benzene rings is 1. The second-order valence-corrected chi connectivity index (χ2v) is 11.2. The predicted octanol–water partition coefficient (Wildman–Crippen LogP) is 3.82. The van der Waals surface area contributed by atoms with Crippen LogP contribution >= 0.6 is 11.3 Å². The molecule has 2 saturated heterocycles. The second-order valence-electron chi connectivity index (χ2n) is 10.4. The number of fused-ring (bicyclic) bond motifs is 1. The first-order valence-corrected chi connectivity index (χ1v) is 13.9. The van der Waals surface area contributed by atoms with Gasteiger partial charge < -0.3 is 15.1 Å². The molecule has 1 aliphatic carbocycles. The molecule has 3 fully saturated rings. The Labute approximate surface area is 215 Å². The SMILES string of the molecule is Cc1cccc(C(=O)N2CC(=O)[C@@H]3[C@H]2CCN3C(=O)[C@H](CC2CCCCC2)NC(=O)c2ccsc2)c1. The van der Waals surface area contributed by atoms with Crippen LogP contribution in [0.15, 0.2) is 41.1 Å². The van der Waals surface area contributed by atoms with Gasteiger partial charge in [-0.2, -0.15) is 11.3 Å². The van der Waals surface area contributed by atoms with Crippen LogP contribution in [0.25, 0.3) is 0 Å². The van der Waals surface area contributed by atoms with E-state index in [9.17, 15) is 19.2 Å². The second kappa shape index (κ2) is 10.5. The van der Waals surface area contributed by atoms with Crippen LogP contribution in [-0.4, -0.2) is 64.5 Å². The lowest BCUT2D eigenvalue weighted by Gasteiger charge is -2.31. The van der Waals surface area contributed by atoms with Crippen molar-refractivity contribution < 1.29 is 19.2 Å². The molecule has 5 rings (SSSR count). The third-order valence-electron chi connectivity index (χ3n) is 7.91. The van der Waals surface area contributed by atoms with Crippen LogP contribution < -0.4 is 5.32 Å². The van der Waals surface area contributed by atoms with E-state index in [4.69, 9.17) is 0 Å². The Morgan fingerprint density at radius 1 is 1.06 bits per heavy atom. The first kappa shape index (κ1) is 24.7. The number of Topliss-reactive ketones (excluding diaryl/α,β-unsaturated/α-hetero) is 1. The fourth-order valence-electron chi connectivity index (χ4n) is 6.10. The minimum atomic E-state index is -0.673. The van der Waals surface area contributed by atoms with Crippen LogP contribution in [0.3, 0.4) is 0 Å². The van der Waals surface area contributed by atoms with Crippen LogP contribution in [0.5, 0.6) is 0 Å². The van der Waals surface area contributed by atoms with Gasteiger partial charge in [-0.15, -0.1) is 0 Å². The van der Waals surface area contributed by atoms with E-state index in [-0.39, 0.29) is 36.1 Å². The molecule has 0 bridgehead atoms. The molecule has 3 aliphatic rings. The molecule has 190 valence electrons. The van der Waals surface area contributed by atoms with Gasteiger partial charge >= 0.3 is 0 Å². The van der Waals surface area contributed by atoms with Crippen molar-refractivity contribution in [3.05, 3.63) is 57.8 Å². The van der Waals surface area contributed by atoms with E-state index >= 15 is 0 Å². The molecule has 1 saturated carbocycles. The summed E-state index contributed by atoms with van der Waals surface area (Å²) in [6, 6.07) is 7.49. The van der Waals surface area contributed by atoms with E-state index in [1.807, 2.05) is 30.5 Å². The van der Waals surface area contributed by atoms with Crippen molar-refractivity contribution in [2.45, 2.75) is 70.0 Å². The Morgan fingerprint density at radius 2 is 1.86 bits per heavy atom. The molecule has 8 heteroatoms. The number of thiophene rings is 1. The van der Waals surface area contributed by atoms with Gasteiger partial charge in [-0.3, -0.25) is 19.2 Å². The van der Waals surface area contributed by atoms with Crippen molar-refractivity contribution in [1.82, 2.24) is 15.1 Å². The maximum atomic E-state index is 13.9. The minimum Gasteiger partial charge on any atom is -0.340 e. The number of nitrogens with one attached hydrogen (secondary N) is 1. The molecule has 7 nitrogen and oxygen atoms in total. The van der Waals surface area contributed by atoms with Crippen LogP contribution in [0, 0.1) is 12.8 Å². The van der Waals surface area contributed by atoms with Crippen molar-refractivity contribution in [2.75, 3.05) is 13.1 Å². The van der Waals surface area contributed by atoms with E-state index in [2.05, 4.69) is 5.32 Å². The molecule has 1 N–H and O–H groups in total. The van der Waals surface area contributed by atoms with Crippen molar-refractivity contribution in [2.24, 2.45) is 5.92 Å². The number of rotatable bonds is 6. The number of likely N-dealkylation sites (tertiary alicyclic amines) is 2. The Kier molecular flexibility index (Phi) is 7.23. The van der Waals surface area contributed by atoms with Crippen molar-refractivity contribution >= 4 is 34.8 Å². The monoisotopic (exact) mass is 507 g/mol. The zero-order chi connectivity index (χ0) is 25.2. The summed E-state index contributed by atoms with van der Waals surface area (Å²) in [6.45, 7) is 2.36. The van der Waals surface area contributed by atoms with E-state index < -0.39 is 12.1 Å². The molecule has 2 aliphatic heterocycles. The Morgan fingerprint density at radius 3 is 2.58 bits per heavy atom. The average molecular weight is 508 g/mol. The first-order chi connectivity index (χ1) is 17.4. The van der Waals surface area contributed by atoms with Gasteiger partial charge in [0.05, 0.1) is 18.2 Å². The zero-order valence-corrected chi connectivity index (χ0v) is 21.5. The van der Waals surface area contributed by atoms with Crippen molar-refractivity contribution in [3.63, 3.8) is 0 Å². The Hall–Kier alpha value is -3.00. The van der Waals surface area contributed by atoms with Crippen LogP contribution in [0.4, 0.5) is 0 Å². The molecule has 3 amide bonds. The smallest absolute Gasteiger partial charge is 0.254 e. The lowest BCUT2D eigenvalue weighted by Crippen LogP contribution is -2.53. The summed E-state index contributed by atoms with van der Waals surface area (Å²) in [7, 11) is 0. The van der Waals surface area contributed by atoms with E-state index in [1.165, 1.54) is 17.8 Å². The van der Waals surface area contributed by atoms with Gasteiger partial charge in [0.15, 0.2) is 5.78 Å². The van der Waals surface area contributed by atoms with Crippen molar-refractivity contribution in [1.29, 1.82) is 0 Å². The molecule has 36 heavy (non-hydrogen) atoms. The van der Waals surface area contributed by atoms with Gasteiger partial charge in [-0.25, -0.2) is 0 Å². The molecule has 0 unspecified atom stereocenters. The zero-order valence-electron chi connectivity index (χ0n) is 20.7. The molecule has 3 atom stereocenters. The number of ketones is 1. The maximum absolute atomic E-state index is 13.9. The fraction of sp³-hybridized carbons (Fsp3) is 0.500. The van der Waals surface area contributed by atoms with Gasteiger partial charge in [0.2, 0.25) is 5.91 Å². The summed E-state index contributed by atoms with van der Waals surface area (Å²) < 4.78 is 0. The molecule has 1 aromatic carbocycles. The number of hydrogen-bond acceptors (Lipinski definition) is 5. The normalized spacial score (nSPS) is 23.0. The molecule has 0 spiro atoms. The van der Waals surface area contributed by atoms with E-state index in [1.54, 1.807) is 27.3 Å². The van der Waals surface area contributed by atoms with Crippen LogP contribution in [-0.2, 0) is 9.59 Å². The van der Waals surface area contributed by atoms with Crippen LogP contribution in [0.1, 0.15) is 71.2 Å². The molecular formula is C28H33N3O4S. The lowest BCUT2D eigenvalue weighted by atomic mass is 9.84. The molecule has 3 heterocycles. The summed E-state index contributed by atoms with van der Waals surface area (Å²) in [6.07, 6.45) is 6.77. The van der Waals surface area contributed by atoms with Gasteiger partial charge in [0, 0.05) is 17.5 Å². The van der Waals surface area contributed by atoms with E-state index in [0.29, 0.717) is 36.4 Å². The van der Waals surface area contributed by atoms with Gasteiger partial charge in [-0.05, 0) is 49.3 Å². The van der Waals surface area contributed by atoms with Crippen LogP contribution in [0.2, 0.25) is 0 Å². The molecule has 2 aromatic rings. The number of nitrogens with zero attached hydrogens (tertiary/aromatic N) is 2. The summed E-state index contributed by atoms with van der Waals surface area (Å²) in [5, 5.41) is 6.61. The number of carbonyl (C=O) groups is 4. The topological polar surface area (TPSA) is 86.8 Å². The van der Waals surface area contributed by atoms with Crippen molar-refractivity contribution in [3.8, 4) is 0 Å². The van der Waals surface area contributed by atoms with Gasteiger partial charge in [0.1, 0.15) is 12.1 Å². The average Bonchev–Trinajstić information content (AvgIpc) is 3.63. The summed E-state index contributed by atoms with van der Waals surface area (Å²) in [5.74, 6) is -0.344. The molecule has 0 radical (unpaired) electrons. The highest BCUT2D eigenvalue weighted by Gasteiger charge is 2.52. The highest BCUT2D eigenvalue weighted by molar-refractivity contribution is 7.08.